The average molecular weight is 532 g/mol. The van der Waals surface area contributed by atoms with Gasteiger partial charge >= 0.3 is 0 Å². The minimum atomic E-state index is -3.72. The summed E-state index contributed by atoms with van der Waals surface area (Å²) in [5.74, 6) is 0.896. The van der Waals surface area contributed by atoms with Crippen LogP contribution >= 0.6 is 11.3 Å². The van der Waals surface area contributed by atoms with Crippen molar-refractivity contribution in [2.24, 2.45) is 0 Å². The quantitative estimate of drug-likeness (QED) is 0.307. The third kappa shape index (κ3) is 4.24. The maximum atomic E-state index is 13.2. The summed E-state index contributed by atoms with van der Waals surface area (Å²) >= 11 is 1.27. The molecule has 0 bridgehead atoms. The number of hydrogen-bond acceptors (Lipinski definition) is 7. The standard InChI is InChI=1S/C27H21N3O5S2/c1-34-20-9-6-19-14-25(35-24(19)15-20)22-16-36-27(28-22)29-26(31)18-7-10-21(11-8-18)37(32,33)30-13-12-17-4-2-3-5-23(17)30/h2-11,14-16H,12-13H2,1H3,(H,28,29,31). The first-order chi connectivity index (χ1) is 17.9. The first-order valence-corrected chi connectivity index (χ1v) is 13.8. The molecule has 1 aliphatic rings. The molecule has 0 unspecified atom stereocenters. The summed E-state index contributed by atoms with van der Waals surface area (Å²) in [5.41, 5.74) is 3.32. The molecule has 3 aromatic carbocycles. The Bertz CT molecular complexity index is 1740. The van der Waals surface area contributed by atoms with E-state index in [9.17, 15) is 13.2 Å². The molecule has 5 aromatic rings. The van der Waals surface area contributed by atoms with E-state index in [0.29, 0.717) is 52.1 Å². The fourth-order valence-corrected chi connectivity index (χ4v) is 6.54. The number of nitrogens with zero attached hydrogens (tertiary/aromatic N) is 2. The van der Waals surface area contributed by atoms with Crippen molar-refractivity contribution in [2.45, 2.75) is 11.3 Å². The minimum absolute atomic E-state index is 0.138. The number of aromatic nitrogens is 1. The summed E-state index contributed by atoms with van der Waals surface area (Å²) in [6.45, 7) is 0.398. The van der Waals surface area contributed by atoms with E-state index in [1.165, 1.54) is 39.9 Å². The van der Waals surface area contributed by atoms with E-state index in [2.05, 4.69) is 10.3 Å². The van der Waals surface area contributed by atoms with Crippen molar-refractivity contribution in [1.29, 1.82) is 0 Å². The van der Waals surface area contributed by atoms with Gasteiger partial charge in [0.25, 0.3) is 15.9 Å². The van der Waals surface area contributed by atoms with Crippen molar-refractivity contribution in [3.05, 3.63) is 89.3 Å². The highest BCUT2D eigenvalue weighted by molar-refractivity contribution is 7.92. The van der Waals surface area contributed by atoms with Gasteiger partial charge in [0.05, 0.1) is 17.7 Å². The fraction of sp³-hybridized carbons (Fsp3) is 0.111. The molecule has 2 aromatic heterocycles. The smallest absolute Gasteiger partial charge is 0.264 e. The zero-order valence-corrected chi connectivity index (χ0v) is 21.3. The lowest BCUT2D eigenvalue weighted by Gasteiger charge is -2.19. The molecule has 6 rings (SSSR count). The molecular formula is C27H21N3O5S2. The van der Waals surface area contributed by atoms with Crippen molar-refractivity contribution in [2.75, 3.05) is 23.3 Å². The molecule has 0 atom stereocenters. The Balaban J connectivity index is 1.17. The highest BCUT2D eigenvalue weighted by atomic mass is 32.2. The Morgan fingerprint density at radius 3 is 2.70 bits per heavy atom. The van der Waals surface area contributed by atoms with Gasteiger partial charge in [0.15, 0.2) is 10.9 Å². The molecule has 1 aliphatic heterocycles. The molecule has 10 heteroatoms. The van der Waals surface area contributed by atoms with Crippen LogP contribution in [0.3, 0.4) is 0 Å². The number of carbonyl (C=O) groups excluding carboxylic acids is 1. The molecule has 0 spiro atoms. The number of amides is 1. The third-order valence-electron chi connectivity index (χ3n) is 6.25. The van der Waals surface area contributed by atoms with Crippen LogP contribution in [0, 0.1) is 0 Å². The Hall–Kier alpha value is -4.15. The van der Waals surface area contributed by atoms with Crippen LogP contribution < -0.4 is 14.4 Å². The zero-order valence-electron chi connectivity index (χ0n) is 19.7. The Labute approximate surface area is 217 Å². The molecule has 0 fully saturated rings. The molecule has 0 radical (unpaired) electrons. The van der Waals surface area contributed by atoms with Crippen LogP contribution in [0.2, 0.25) is 0 Å². The van der Waals surface area contributed by atoms with Gasteiger partial charge in [0.1, 0.15) is 17.0 Å². The van der Waals surface area contributed by atoms with E-state index in [0.717, 1.165) is 10.9 Å². The fourth-order valence-electron chi connectivity index (χ4n) is 4.34. The Kier molecular flexibility index (Phi) is 5.69. The number of rotatable bonds is 6. The van der Waals surface area contributed by atoms with Gasteiger partial charge in [-0.3, -0.25) is 14.4 Å². The predicted molar refractivity (Wildman–Crippen MR) is 143 cm³/mol. The molecule has 37 heavy (non-hydrogen) atoms. The molecular weight excluding hydrogens is 510 g/mol. The van der Waals surface area contributed by atoms with Crippen LogP contribution in [0.1, 0.15) is 15.9 Å². The molecule has 1 amide bonds. The van der Waals surface area contributed by atoms with E-state index in [1.807, 2.05) is 42.5 Å². The second kappa shape index (κ2) is 9.06. The first-order valence-electron chi connectivity index (χ1n) is 11.5. The molecule has 0 aliphatic carbocycles. The number of carbonyl (C=O) groups is 1. The van der Waals surface area contributed by atoms with Gasteiger partial charge in [-0.2, -0.15) is 0 Å². The number of benzene rings is 3. The van der Waals surface area contributed by atoms with Crippen LogP contribution in [-0.4, -0.2) is 33.0 Å². The van der Waals surface area contributed by atoms with Gasteiger partial charge in [-0.15, -0.1) is 11.3 Å². The van der Waals surface area contributed by atoms with Gasteiger partial charge in [-0.05, 0) is 60.5 Å². The van der Waals surface area contributed by atoms with Crippen molar-refractivity contribution in [1.82, 2.24) is 4.98 Å². The largest absolute Gasteiger partial charge is 0.497 e. The molecule has 0 saturated carbocycles. The van der Waals surface area contributed by atoms with Gasteiger partial charge in [0.2, 0.25) is 0 Å². The van der Waals surface area contributed by atoms with Gasteiger partial charge in [-0.25, -0.2) is 13.4 Å². The highest BCUT2D eigenvalue weighted by Gasteiger charge is 2.30. The molecule has 0 saturated heterocycles. The van der Waals surface area contributed by atoms with Crippen LogP contribution in [0.5, 0.6) is 5.75 Å². The van der Waals surface area contributed by atoms with Crippen LogP contribution in [-0.2, 0) is 16.4 Å². The Morgan fingerprint density at radius 1 is 1.08 bits per heavy atom. The van der Waals surface area contributed by atoms with Crippen LogP contribution in [0.25, 0.3) is 22.4 Å². The number of sulfonamides is 1. The second-order valence-corrected chi connectivity index (χ2v) is 11.2. The van der Waals surface area contributed by atoms with Crippen molar-refractivity contribution in [3.8, 4) is 17.2 Å². The maximum Gasteiger partial charge on any atom is 0.264 e. The summed E-state index contributed by atoms with van der Waals surface area (Å²) in [7, 11) is -2.13. The molecule has 3 heterocycles. The number of thiazole rings is 1. The van der Waals surface area contributed by atoms with Gasteiger partial charge < -0.3 is 9.15 Å². The number of fused-ring (bicyclic) bond motifs is 2. The monoisotopic (exact) mass is 531 g/mol. The number of anilines is 2. The van der Waals surface area contributed by atoms with Crippen molar-refractivity contribution in [3.63, 3.8) is 0 Å². The topological polar surface area (TPSA) is 102 Å². The van der Waals surface area contributed by atoms with Gasteiger partial charge in [0, 0.05) is 28.9 Å². The van der Waals surface area contributed by atoms with Gasteiger partial charge in [-0.1, -0.05) is 18.2 Å². The Morgan fingerprint density at radius 2 is 1.89 bits per heavy atom. The first kappa shape index (κ1) is 23.3. The average Bonchev–Trinajstić information content (AvgIpc) is 3.66. The number of hydrogen-bond donors (Lipinski definition) is 1. The van der Waals surface area contributed by atoms with E-state index >= 15 is 0 Å². The summed E-state index contributed by atoms with van der Waals surface area (Å²) in [6.07, 6.45) is 0.675. The third-order valence-corrected chi connectivity index (χ3v) is 8.84. The predicted octanol–water partition coefficient (Wildman–Crippen LogP) is 5.57. The van der Waals surface area contributed by atoms with Crippen LogP contribution in [0.4, 0.5) is 10.8 Å². The number of nitrogens with one attached hydrogen (secondary N) is 1. The lowest BCUT2D eigenvalue weighted by atomic mass is 10.2. The molecule has 186 valence electrons. The molecule has 8 nitrogen and oxygen atoms in total. The second-order valence-electron chi connectivity index (χ2n) is 8.49. The van der Waals surface area contributed by atoms with E-state index in [4.69, 9.17) is 9.15 Å². The number of furan rings is 1. The zero-order chi connectivity index (χ0) is 25.6. The van der Waals surface area contributed by atoms with Crippen molar-refractivity contribution >= 4 is 49.1 Å². The normalized spacial score (nSPS) is 13.1. The minimum Gasteiger partial charge on any atom is -0.497 e. The number of methoxy groups -OCH3 is 1. The maximum absolute atomic E-state index is 13.2. The highest BCUT2D eigenvalue weighted by Crippen LogP contribution is 2.34. The number of para-hydroxylation sites is 1. The summed E-state index contributed by atoms with van der Waals surface area (Å²) in [6, 6.07) is 20.9. The van der Waals surface area contributed by atoms with Crippen molar-refractivity contribution < 1.29 is 22.4 Å². The summed E-state index contributed by atoms with van der Waals surface area (Å²) < 4.78 is 39.0. The van der Waals surface area contributed by atoms with Crippen LogP contribution in [0.15, 0.2) is 87.5 Å². The number of ether oxygens (including phenoxy) is 1. The lowest BCUT2D eigenvalue weighted by molar-refractivity contribution is 0.102. The van der Waals surface area contributed by atoms with E-state index in [-0.39, 0.29) is 10.8 Å². The summed E-state index contributed by atoms with van der Waals surface area (Å²) in [4.78, 5) is 17.4. The van der Waals surface area contributed by atoms with E-state index in [1.54, 1.807) is 18.6 Å². The lowest BCUT2D eigenvalue weighted by Crippen LogP contribution is -2.29. The van der Waals surface area contributed by atoms with E-state index < -0.39 is 10.0 Å². The molecule has 1 N–H and O–H groups in total. The SMILES string of the molecule is COc1ccc2cc(-c3csc(NC(=O)c4ccc(S(=O)(=O)N5CCc6ccccc65)cc4)n3)oc2c1. The summed E-state index contributed by atoms with van der Waals surface area (Å²) in [5, 5.41) is 5.90.